The van der Waals surface area contributed by atoms with Crippen LogP contribution < -0.4 is 16.0 Å². The number of hydrogen-bond acceptors (Lipinski definition) is 3. The first kappa shape index (κ1) is 20.4. The molecule has 0 aliphatic heterocycles. The standard InChI is InChI=1S/C16H25N3O2.ClH/c1-3-17-12-13-8-5-6-9-14(13)19-16(21)11-7-10-15(20)18-4-2;/h5-6,8-9,17H,3-4,7,10-12H2,1-2H3,(H,18,20)(H,19,21);1H. The van der Waals surface area contributed by atoms with Crippen LogP contribution in [0.3, 0.4) is 0 Å². The minimum absolute atomic E-state index is 0. The number of halogens is 1. The second-order valence-electron chi connectivity index (χ2n) is 4.79. The molecule has 6 heteroatoms. The van der Waals surface area contributed by atoms with Gasteiger partial charge in [0.2, 0.25) is 11.8 Å². The maximum absolute atomic E-state index is 11.9. The monoisotopic (exact) mass is 327 g/mol. The maximum Gasteiger partial charge on any atom is 0.224 e. The second kappa shape index (κ2) is 12.0. The first-order valence-corrected chi connectivity index (χ1v) is 7.52. The van der Waals surface area contributed by atoms with Crippen LogP contribution in [0.25, 0.3) is 0 Å². The lowest BCUT2D eigenvalue weighted by molar-refractivity contribution is -0.121. The number of anilines is 1. The van der Waals surface area contributed by atoms with Crippen molar-refractivity contribution in [3.63, 3.8) is 0 Å². The molecule has 124 valence electrons. The van der Waals surface area contributed by atoms with Gasteiger partial charge in [-0.2, -0.15) is 0 Å². The van der Waals surface area contributed by atoms with Crippen LogP contribution in [0.1, 0.15) is 38.7 Å². The van der Waals surface area contributed by atoms with Crippen molar-refractivity contribution in [2.75, 3.05) is 18.4 Å². The fourth-order valence-electron chi connectivity index (χ4n) is 1.96. The molecule has 1 aromatic rings. The van der Waals surface area contributed by atoms with Crippen molar-refractivity contribution in [1.82, 2.24) is 10.6 Å². The van der Waals surface area contributed by atoms with E-state index in [2.05, 4.69) is 16.0 Å². The summed E-state index contributed by atoms with van der Waals surface area (Å²) in [4.78, 5) is 23.2. The van der Waals surface area contributed by atoms with Crippen molar-refractivity contribution in [3.05, 3.63) is 29.8 Å². The summed E-state index contributed by atoms with van der Waals surface area (Å²) >= 11 is 0. The molecule has 0 atom stereocenters. The molecule has 1 rings (SSSR count). The van der Waals surface area contributed by atoms with Gasteiger partial charge in [-0.3, -0.25) is 9.59 Å². The van der Waals surface area contributed by atoms with E-state index in [9.17, 15) is 9.59 Å². The van der Waals surface area contributed by atoms with E-state index in [0.717, 1.165) is 24.3 Å². The molecule has 0 saturated carbocycles. The van der Waals surface area contributed by atoms with E-state index >= 15 is 0 Å². The van der Waals surface area contributed by atoms with E-state index in [-0.39, 0.29) is 24.2 Å². The van der Waals surface area contributed by atoms with Gasteiger partial charge >= 0.3 is 0 Å². The molecule has 1 aromatic carbocycles. The van der Waals surface area contributed by atoms with E-state index < -0.39 is 0 Å². The van der Waals surface area contributed by atoms with Crippen LogP contribution in [0.2, 0.25) is 0 Å². The van der Waals surface area contributed by atoms with E-state index in [0.29, 0.717) is 25.8 Å². The van der Waals surface area contributed by atoms with Gasteiger partial charge in [-0.05, 0) is 31.5 Å². The molecule has 0 heterocycles. The molecule has 5 nitrogen and oxygen atoms in total. The number of rotatable bonds is 9. The van der Waals surface area contributed by atoms with Crippen molar-refractivity contribution in [2.45, 2.75) is 39.7 Å². The maximum atomic E-state index is 11.9. The Labute approximate surface area is 138 Å². The molecule has 0 radical (unpaired) electrons. The van der Waals surface area contributed by atoms with Gasteiger partial charge in [-0.15, -0.1) is 12.4 Å². The van der Waals surface area contributed by atoms with Gasteiger partial charge in [-0.1, -0.05) is 25.1 Å². The molecule has 22 heavy (non-hydrogen) atoms. The summed E-state index contributed by atoms with van der Waals surface area (Å²) < 4.78 is 0. The normalized spacial score (nSPS) is 9.73. The average molecular weight is 328 g/mol. The van der Waals surface area contributed by atoms with Crippen molar-refractivity contribution in [1.29, 1.82) is 0 Å². The van der Waals surface area contributed by atoms with Crippen LogP contribution in [0.15, 0.2) is 24.3 Å². The summed E-state index contributed by atoms with van der Waals surface area (Å²) in [6.45, 7) is 6.16. The predicted molar refractivity (Wildman–Crippen MR) is 92.2 cm³/mol. The van der Waals surface area contributed by atoms with Gasteiger partial charge < -0.3 is 16.0 Å². The molecule has 2 amide bonds. The third kappa shape index (κ3) is 8.00. The molecule has 0 saturated heterocycles. The average Bonchev–Trinajstić information content (AvgIpc) is 2.46. The largest absolute Gasteiger partial charge is 0.356 e. The van der Waals surface area contributed by atoms with Crippen LogP contribution in [-0.4, -0.2) is 24.9 Å². The number of nitrogens with one attached hydrogen (secondary N) is 3. The summed E-state index contributed by atoms with van der Waals surface area (Å²) in [7, 11) is 0. The third-order valence-corrected chi connectivity index (χ3v) is 3.04. The quantitative estimate of drug-likeness (QED) is 0.652. The summed E-state index contributed by atoms with van der Waals surface area (Å²) in [6.07, 6.45) is 1.31. The Hall–Kier alpha value is -1.59. The molecular weight excluding hydrogens is 302 g/mol. The van der Waals surface area contributed by atoms with Gasteiger partial charge in [0.1, 0.15) is 0 Å². The highest BCUT2D eigenvalue weighted by Gasteiger charge is 2.07. The summed E-state index contributed by atoms with van der Waals surface area (Å²) in [5.41, 5.74) is 1.90. The molecule has 0 aliphatic carbocycles. The van der Waals surface area contributed by atoms with E-state index in [1.807, 2.05) is 38.1 Å². The van der Waals surface area contributed by atoms with Gasteiger partial charge in [0.05, 0.1) is 0 Å². The Morgan fingerprint density at radius 2 is 1.68 bits per heavy atom. The first-order valence-electron chi connectivity index (χ1n) is 7.52. The van der Waals surface area contributed by atoms with Gasteiger partial charge in [-0.25, -0.2) is 0 Å². The van der Waals surface area contributed by atoms with E-state index in [4.69, 9.17) is 0 Å². The van der Waals surface area contributed by atoms with Crippen molar-refractivity contribution in [2.24, 2.45) is 0 Å². The minimum atomic E-state index is -0.0525. The van der Waals surface area contributed by atoms with Crippen molar-refractivity contribution in [3.8, 4) is 0 Å². The Balaban J connectivity index is 0.00000441. The highest BCUT2D eigenvalue weighted by atomic mass is 35.5. The number of benzene rings is 1. The molecule has 0 fully saturated rings. The molecule has 0 unspecified atom stereocenters. The van der Waals surface area contributed by atoms with E-state index in [1.165, 1.54) is 0 Å². The van der Waals surface area contributed by atoms with Crippen LogP contribution in [0.5, 0.6) is 0 Å². The lowest BCUT2D eigenvalue weighted by Gasteiger charge is -2.11. The highest BCUT2D eigenvalue weighted by Crippen LogP contribution is 2.15. The summed E-state index contributed by atoms with van der Waals surface area (Å²) in [5.74, 6) is -0.0545. The fourth-order valence-corrected chi connectivity index (χ4v) is 1.96. The summed E-state index contributed by atoms with van der Waals surface area (Å²) in [5, 5.41) is 8.88. The first-order chi connectivity index (χ1) is 10.2. The zero-order valence-electron chi connectivity index (χ0n) is 13.3. The summed E-state index contributed by atoms with van der Waals surface area (Å²) in [6, 6.07) is 7.75. The highest BCUT2D eigenvalue weighted by molar-refractivity contribution is 5.91. The van der Waals surface area contributed by atoms with Crippen molar-refractivity contribution < 1.29 is 9.59 Å². The number of carbonyl (C=O) groups excluding carboxylic acids is 2. The zero-order valence-corrected chi connectivity index (χ0v) is 14.1. The SMILES string of the molecule is CCNCc1ccccc1NC(=O)CCCC(=O)NCC.Cl. The topological polar surface area (TPSA) is 70.2 Å². The van der Waals surface area contributed by atoms with Gasteiger partial charge in [0.25, 0.3) is 0 Å². The zero-order chi connectivity index (χ0) is 15.5. The predicted octanol–water partition coefficient (Wildman–Crippen LogP) is 2.46. The fraction of sp³-hybridized carbons (Fsp3) is 0.500. The molecule has 0 aliphatic rings. The molecular formula is C16H26ClN3O2. The van der Waals surface area contributed by atoms with Crippen LogP contribution >= 0.6 is 12.4 Å². The number of para-hydroxylation sites is 1. The van der Waals surface area contributed by atoms with E-state index in [1.54, 1.807) is 0 Å². The Morgan fingerprint density at radius 1 is 1.00 bits per heavy atom. The Kier molecular flexibility index (Phi) is 11.1. The Morgan fingerprint density at radius 3 is 2.36 bits per heavy atom. The van der Waals surface area contributed by atoms with Gasteiger partial charge in [0, 0.05) is 31.6 Å². The number of amides is 2. The molecule has 0 aromatic heterocycles. The minimum Gasteiger partial charge on any atom is -0.356 e. The smallest absolute Gasteiger partial charge is 0.224 e. The van der Waals surface area contributed by atoms with Crippen LogP contribution in [0, 0.1) is 0 Å². The van der Waals surface area contributed by atoms with Crippen LogP contribution in [-0.2, 0) is 16.1 Å². The second-order valence-corrected chi connectivity index (χ2v) is 4.79. The molecule has 0 spiro atoms. The van der Waals surface area contributed by atoms with Gasteiger partial charge in [0.15, 0.2) is 0 Å². The van der Waals surface area contributed by atoms with Crippen LogP contribution in [0.4, 0.5) is 5.69 Å². The number of hydrogen-bond donors (Lipinski definition) is 3. The number of carbonyl (C=O) groups is 2. The lowest BCUT2D eigenvalue weighted by Crippen LogP contribution is -2.23. The van der Waals surface area contributed by atoms with Crippen molar-refractivity contribution >= 4 is 29.9 Å². The Bertz CT molecular complexity index is 466. The lowest BCUT2D eigenvalue weighted by atomic mass is 10.1. The third-order valence-electron chi connectivity index (χ3n) is 3.04. The molecule has 0 bridgehead atoms. The molecule has 3 N–H and O–H groups in total.